The van der Waals surface area contributed by atoms with Crippen LogP contribution in [0.2, 0.25) is 0 Å². The van der Waals surface area contributed by atoms with Gasteiger partial charge in [0.05, 0.1) is 6.26 Å². The van der Waals surface area contributed by atoms with Gasteiger partial charge in [-0.15, -0.1) is 0 Å². The van der Waals surface area contributed by atoms with Gasteiger partial charge in [-0.1, -0.05) is 12.7 Å². The Kier molecular flexibility index (Phi) is 2.32. The topological polar surface area (TPSA) is 9.23 Å². The minimum Gasteiger partial charge on any atom is -0.466 e. The number of ether oxygens (including phenoxy) is 1. The van der Waals surface area contributed by atoms with Crippen LogP contribution in [0.4, 0.5) is 0 Å². The molecule has 0 heterocycles. The van der Waals surface area contributed by atoms with Crippen LogP contribution in [0, 0.1) is 0 Å². The molecule has 0 aromatic carbocycles. The van der Waals surface area contributed by atoms with E-state index in [0.717, 1.165) is 18.6 Å². The summed E-state index contributed by atoms with van der Waals surface area (Å²) < 4.78 is 5.15. The number of hydrogen-bond acceptors (Lipinski definition) is 1. The molecule has 54 valence electrons. The van der Waals surface area contributed by atoms with Gasteiger partial charge in [0, 0.05) is 0 Å². The lowest BCUT2D eigenvalue weighted by Gasteiger charge is -2.09. The summed E-state index contributed by atoms with van der Waals surface area (Å²) in [7, 11) is 0. The van der Waals surface area contributed by atoms with Gasteiger partial charge in [0.25, 0.3) is 0 Å². The summed E-state index contributed by atoms with van der Waals surface area (Å²) in [5, 5.41) is 0. The first-order valence-electron chi connectivity index (χ1n) is 3.48. The van der Waals surface area contributed by atoms with Crippen LogP contribution < -0.4 is 0 Å². The second-order valence-corrected chi connectivity index (χ2v) is 2.37. The molecule has 0 aromatic rings. The van der Waals surface area contributed by atoms with E-state index in [2.05, 4.69) is 19.6 Å². The van der Waals surface area contributed by atoms with E-state index < -0.39 is 0 Å². The summed E-state index contributed by atoms with van der Waals surface area (Å²) >= 11 is 0. The molecule has 0 amide bonds. The lowest BCUT2D eigenvalue weighted by Crippen LogP contribution is -1.92. The van der Waals surface area contributed by atoms with Crippen LogP contribution in [0.25, 0.3) is 0 Å². The third kappa shape index (κ3) is 1.50. The Morgan fingerprint density at radius 1 is 1.70 bits per heavy atom. The predicted molar refractivity (Wildman–Crippen MR) is 42.4 cm³/mol. The van der Waals surface area contributed by atoms with Crippen LogP contribution in [0.3, 0.4) is 0 Å². The number of allylic oxidation sites excluding steroid dienone is 3. The molecule has 0 aliphatic heterocycles. The zero-order valence-electron chi connectivity index (χ0n) is 6.26. The van der Waals surface area contributed by atoms with Crippen molar-refractivity contribution in [3.63, 3.8) is 0 Å². The highest BCUT2D eigenvalue weighted by Crippen LogP contribution is 2.18. The maximum absolute atomic E-state index is 5.15. The van der Waals surface area contributed by atoms with Gasteiger partial charge in [-0.2, -0.15) is 0 Å². The molecular formula is C9H12O. The molecule has 0 unspecified atom stereocenters. The first kappa shape index (κ1) is 7.13. The number of rotatable bonds is 2. The highest BCUT2D eigenvalue weighted by Gasteiger charge is 2.02. The van der Waals surface area contributed by atoms with Gasteiger partial charge in [0.1, 0.15) is 5.76 Å². The van der Waals surface area contributed by atoms with Gasteiger partial charge >= 0.3 is 0 Å². The molecule has 10 heavy (non-hydrogen) atoms. The summed E-state index contributed by atoms with van der Waals surface area (Å²) in [5.74, 6) is 0.959. The Balaban J connectivity index is 2.69. The van der Waals surface area contributed by atoms with Crippen molar-refractivity contribution in [2.45, 2.75) is 19.8 Å². The van der Waals surface area contributed by atoms with E-state index >= 15 is 0 Å². The average Bonchev–Trinajstić information content (AvgIpc) is 1.94. The maximum Gasteiger partial charge on any atom is 0.125 e. The highest BCUT2D eigenvalue weighted by atomic mass is 16.5. The monoisotopic (exact) mass is 136 g/mol. The standard InChI is InChI=1S/C9H12O/c1-3-10-9-7-5-4-6-8(9)2/h3,5,7H,1,4,6H2,2H3. The van der Waals surface area contributed by atoms with E-state index in [-0.39, 0.29) is 0 Å². The Labute approximate surface area is 61.7 Å². The molecule has 0 spiro atoms. The van der Waals surface area contributed by atoms with Crippen molar-refractivity contribution >= 4 is 0 Å². The molecule has 0 bridgehead atoms. The lowest BCUT2D eigenvalue weighted by molar-refractivity contribution is 0.360. The highest BCUT2D eigenvalue weighted by molar-refractivity contribution is 5.23. The van der Waals surface area contributed by atoms with Crippen LogP contribution in [0.15, 0.2) is 36.3 Å². The predicted octanol–water partition coefficient (Wildman–Crippen LogP) is 2.77. The number of hydrogen-bond donors (Lipinski definition) is 0. The zero-order chi connectivity index (χ0) is 7.40. The molecule has 0 N–H and O–H groups in total. The van der Waals surface area contributed by atoms with E-state index in [1.54, 1.807) is 0 Å². The van der Waals surface area contributed by atoms with E-state index in [0.29, 0.717) is 0 Å². The van der Waals surface area contributed by atoms with Crippen molar-refractivity contribution in [2.24, 2.45) is 0 Å². The lowest BCUT2D eigenvalue weighted by atomic mass is 10.1. The molecule has 1 heteroatoms. The third-order valence-electron chi connectivity index (χ3n) is 1.59. The normalized spacial score (nSPS) is 17.3. The SMILES string of the molecule is C=COC1=C(C)CCC=C1. The van der Waals surface area contributed by atoms with Gasteiger partial charge in [0.2, 0.25) is 0 Å². The van der Waals surface area contributed by atoms with Crippen molar-refractivity contribution in [3.8, 4) is 0 Å². The van der Waals surface area contributed by atoms with Crippen LogP contribution in [-0.4, -0.2) is 0 Å². The fourth-order valence-electron chi connectivity index (χ4n) is 0.985. The quantitative estimate of drug-likeness (QED) is 0.530. The third-order valence-corrected chi connectivity index (χ3v) is 1.59. The molecule has 1 aliphatic carbocycles. The maximum atomic E-state index is 5.15. The van der Waals surface area contributed by atoms with E-state index in [1.165, 1.54) is 11.8 Å². The van der Waals surface area contributed by atoms with Gasteiger partial charge in [0.15, 0.2) is 0 Å². The molecule has 0 atom stereocenters. The Morgan fingerprint density at radius 2 is 2.50 bits per heavy atom. The van der Waals surface area contributed by atoms with E-state index in [1.807, 2.05) is 6.08 Å². The fourth-order valence-corrected chi connectivity index (χ4v) is 0.985. The van der Waals surface area contributed by atoms with Crippen LogP contribution in [0.1, 0.15) is 19.8 Å². The Bertz CT molecular complexity index is 187. The van der Waals surface area contributed by atoms with Crippen molar-refractivity contribution in [3.05, 3.63) is 36.3 Å². The summed E-state index contributed by atoms with van der Waals surface area (Å²) in [5.41, 5.74) is 1.31. The van der Waals surface area contributed by atoms with Crippen LogP contribution >= 0.6 is 0 Å². The molecule has 1 aliphatic rings. The molecule has 1 nitrogen and oxygen atoms in total. The fraction of sp³-hybridized carbons (Fsp3) is 0.333. The smallest absolute Gasteiger partial charge is 0.125 e. The molecule has 0 fully saturated rings. The van der Waals surface area contributed by atoms with Gasteiger partial charge in [-0.25, -0.2) is 0 Å². The largest absolute Gasteiger partial charge is 0.466 e. The summed E-state index contributed by atoms with van der Waals surface area (Å²) in [6.07, 6.45) is 7.83. The minimum atomic E-state index is 0.959. The minimum absolute atomic E-state index is 0.959. The van der Waals surface area contributed by atoms with Crippen molar-refractivity contribution < 1.29 is 4.74 Å². The molecule has 1 rings (SSSR count). The summed E-state index contributed by atoms with van der Waals surface area (Å²) in [4.78, 5) is 0. The Morgan fingerprint density at radius 3 is 3.10 bits per heavy atom. The molecule has 0 aromatic heterocycles. The first-order chi connectivity index (χ1) is 4.84. The molecular weight excluding hydrogens is 124 g/mol. The van der Waals surface area contributed by atoms with E-state index in [9.17, 15) is 0 Å². The summed E-state index contributed by atoms with van der Waals surface area (Å²) in [6.45, 7) is 5.58. The van der Waals surface area contributed by atoms with Gasteiger partial charge in [-0.3, -0.25) is 0 Å². The average molecular weight is 136 g/mol. The Hall–Kier alpha value is -0.980. The molecule has 0 saturated heterocycles. The van der Waals surface area contributed by atoms with Gasteiger partial charge in [-0.05, 0) is 31.4 Å². The molecule has 0 saturated carbocycles. The van der Waals surface area contributed by atoms with E-state index in [4.69, 9.17) is 4.74 Å². The first-order valence-corrected chi connectivity index (χ1v) is 3.48. The zero-order valence-corrected chi connectivity index (χ0v) is 6.26. The van der Waals surface area contributed by atoms with Crippen molar-refractivity contribution in [1.29, 1.82) is 0 Å². The van der Waals surface area contributed by atoms with Crippen LogP contribution in [0.5, 0.6) is 0 Å². The van der Waals surface area contributed by atoms with Crippen molar-refractivity contribution in [1.82, 2.24) is 0 Å². The molecule has 0 radical (unpaired) electrons. The van der Waals surface area contributed by atoms with Crippen molar-refractivity contribution in [2.75, 3.05) is 0 Å². The van der Waals surface area contributed by atoms with Gasteiger partial charge < -0.3 is 4.74 Å². The second kappa shape index (κ2) is 3.25. The second-order valence-electron chi connectivity index (χ2n) is 2.37. The summed E-state index contributed by atoms with van der Waals surface area (Å²) in [6, 6.07) is 0. The van der Waals surface area contributed by atoms with Crippen LogP contribution in [-0.2, 0) is 4.74 Å².